The third kappa shape index (κ3) is 3.88. The number of rotatable bonds is 4. The Bertz CT molecular complexity index is 1070. The molecule has 30 heavy (non-hydrogen) atoms. The van der Waals surface area contributed by atoms with Gasteiger partial charge >= 0.3 is 5.97 Å². The van der Waals surface area contributed by atoms with Gasteiger partial charge in [0.1, 0.15) is 6.04 Å². The molecule has 1 atom stereocenters. The van der Waals surface area contributed by atoms with Gasteiger partial charge in [-0.1, -0.05) is 41.9 Å². The fourth-order valence-corrected chi connectivity index (χ4v) is 4.16. The second-order valence-corrected chi connectivity index (χ2v) is 7.56. The minimum Gasteiger partial charge on any atom is -0.468 e. The first-order chi connectivity index (χ1) is 14.6. The van der Waals surface area contributed by atoms with Crippen LogP contribution in [-0.4, -0.2) is 59.9 Å². The zero-order chi connectivity index (χ0) is 21.1. The molecule has 7 heteroatoms. The van der Waals surface area contributed by atoms with Crippen LogP contribution in [0.2, 0.25) is 5.02 Å². The average Bonchev–Trinajstić information content (AvgIpc) is 2.80. The molecular formula is C23H22ClN3O3. The smallest absolute Gasteiger partial charge is 0.327 e. The first kappa shape index (κ1) is 20.3. The monoisotopic (exact) mass is 423 g/mol. The SMILES string of the molecule is COC(=O)[C@@H](c1ccccc1Cl)N1CCN(C(=O)c2cccc3ncccc23)CC1. The second-order valence-electron chi connectivity index (χ2n) is 7.15. The van der Waals surface area contributed by atoms with Crippen LogP contribution in [0.15, 0.2) is 60.8 Å². The van der Waals surface area contributed by atoms with Crippen molar-refractivity contribution in [3.8, 4) is 0 Å². The van der Waals surface area contributed by atoms with Crippen LogP contribution in [0, 0.1) is 0 Å². The lowest BCUT2D eigenvalue weighted by molar-refractivity contribution is -0.148. The van der Waals surface area contributed by atoms with E-state index in [1.54, 1.807) is 12.3 Å². The molecule has 1 aliphatic heterocycles. The lowest BCUT2D eigenvalue weighted by Crippen LogP contribution is -2.51. The van der Waals surface area contributed by atoms with Crippen LogP contribution in [0.25, 0.3) is 10.9 Å². The molecule has 1 fully saturated rings. The molecule has 0 N–H and O–H groups in total. The van der Waals surface area contributed by atoms with Crippen molar-refractivity contribution in [2.24, 2.45) is 0 Å². The molecule has 0 radical (unpaired) electrons. The van der Waals surface area contributed by atoms with Crippen LogP contribution in [0.3, 0.4) is 0 Å². The number of pyridine rings is 1. The van der Waals surface area contributed by atoms with Gasteiger partial charge in [-0.25, -0.2) is 4.79 Å². The van der Waals surface area contributed by atoms with E-state index in [1.165, 1.54) is 7.11 Å². The van der Waals surface area contributed by atoms with E-state index in [0.29, 0.717) is 42.3 Å². The van der Waals surface area contributed by atoms with E-state index in [-0.39, 0.29) is 11.9 Å². The normalized spacial score (nSPS) is 15.7. The fourth-order valence-electron chi connectivity index (χ4n) is 3.92. The summed E-state index contributed by atoms with van der Waals surface area (Å²) in [7, 11) is 1.38. The van der Waals surface area contributed by atoms with Crippen LogP contribution in [0.4, 0.5) is 0 Å². The van der Waals surface area contributed by atoms with E-state index in [1.807, 2.05) is 58.3 Å². The number of carbonyl (C=O) groups is 2. The number of methoxy groups -OCH3 is 1. The van der Waals surface area contributed by atoms with Crippen molar-refractivity contribution in [3.05, 3.63) is 76.9 Å². The number of aromatic nitrogens is 1. The summed E-state index contributed by atoms with van der Waals surface area (Å²) < 4.78 is 5.04. The van der Waals surface area contributed by atoms with Crippen molar-refractivity contribution in [1.82, 2.24) is 14.8 Å². The maximum absolute atomic E-state index is 13.2. The molecule has 154 valence electrons. The predicted molar refractivity (Wildman–Crippen MR) is 115 cm³/mol. The number of benzene rings is 2. The van der Waals surface area contributed by atoms with E-state index in [9.17, 15) is 9.59 Å². The van der Waals surface area contributed by atoms with E-state index in [4.69, 9.17) is 16.3 Å². The average molecular weight is 424 g/mol. The zero-order valence-electron chi connectivity index (χ0n) is 16.6. The first-order valence-electron chi connectivity index (χ1n) is 9.79. The molecule has 2 aromatic carbocycles. The van der Waals surface area contributed by atoms with Crippen LogP contribution < -0.4 is 0 Å². The third-order valence-corrected chi connectivity index (χ3v) is 5.81. The van der Waals surface area contributed by atoms with Crippen LogP contribution in [-0.2, 0) is 9.53 Å². The number of hydrogen-bond acceptors (Lipinski definition) is 5. The molecule has 3 aromatic rings. The number of hydrogen-bond donors (Lipinski definition) is 0. The molecule has 2 heterocycles. The summed E-state index contributed by atoms with van der Waals surface area (Å²) in [6, 6.07) is 16.0. The van der Waals surface area contributed by atoms with Gasteiger partial charge in [0.15, 0.2) is 0 Å². The number of nitrogens with zero attached hydrogens (tertiary/aromatic N) is 3. The highest BCUT2D eigenvalue weighted by molar-refractivity contribution is 6.31. The van der Waals surface area contributed by atoms with Gasteiger partial charge in [-0.15, -0.1) is 0 Å². The van der Waals surface area contributed by atoms with E-state index < -0.39 is 6.04 Å². The number of carbonyl (C=O) groups excluding carboxylic acids is 2. The lowest BCUT2D eigenvalue weighted by Gasteiger charge is -2.38. The number of fused-ring (bicyclic) bond motifs is 1. The van der Waals surface area contributed by atoms with Gasteiger partial charge in [-0.2, -0.15) is 0 Å². The number of piperazine rings is 1. The fraction of sp³-hybridized carbons (Fsp3) is 0.261. The Hall–Kier alpha value is -2.96. The molecular weight excluding hydrogens is 402 g/mol. The zero-order valence-corrected chi connectivity index (χ0v) is 17.4. The summed E-state index contributed by atoms with van der Waals surface area (Å²) in [5.74, 6) is -0.386. The van der Waals surface area contributed by atoms with Gasteiger partial charge < -0.3 is 9.64 Å². The van der Waals surface area contributed by atoms with Crippen LogP contribution >= 0.6 is 11.6 Å². The Morgan fingerprint density at radius 1 is 1.00 bits per heavy atom. The molecule has 1 aromatic heterocycles. The summed E-state index contributed by atoms with van der Waals surface area (Å²) in [5.41, 5.74) is 2.15. The summed E-state index contributed by atoms with van der Waals surface area (Å²) in [4.78, 5) is 33.9. The highest BCUT2D eigenvalue weighted by atomic mass is 35.5. The lowest BCUT2D eigenvalue weighted by atomic mass is 10.0. The van der Waals surface area contributed by atoms with Gasteiger partial charge in [-0.05, 0) is 29.8 Å². The van der Waals surface area contributed by atoms with Gasteiger partial charge in [0.25, 0.3) is 5.91 Å². The highest BCUT2D eigenvalue weighted by Crippen LogP contribution is 2.30. The van der Waals surface area contributed by atoms with Gasteiger partial charge in [0, 0.05) is 48.3 Å². The number of halogens is 1. The Kier molecular flexibility index (Phi) is 5.97. The molecule has 1 aliphatic rings. The topological polar surface area (TPSA) is 62.7 Å². The molecule has 0 saturated carbocycles. The van der Waals surface area contributed by atoms with Crippen molar-refractivity contribution in [2.75, 3.05) is 33.3 Å². The van der Waals surface area contributed by atoms with Crippen molar-refractivity contribution in [1.29, 1.82) is 0 Å². The minimum absolute atomic E-state index is 0.0272. The van der Waals surface area contributed by atoms with Crippen molar-refractivity contribution in [3.63, 3.8) is 0 Å². The summed E-state index contributed by atoms with van der Waals surface area (Å²) in [5, 5.41) is 1.37. The second kappa shape index (κ2) is 8.81. The molecule has 4 rings (SSSR count). The largest absolute Gasteiger partial charge is 0.468 e. The van der Waals surface area contributed by atoms with Gasteiger partial charge in [0.2, 0.25) is 0 Å². The number of amides is 1. The molecule has 0 bridgehead atoms. The van der Waals surface area contributed by atoms with E-state index in [0.717, 1.165) is 10.9 Å². The summed E-state index contributed by atoms with van der Waals surface area (Å²) in [6.07, 6.45) is 1.72. The summed E-state index contributed by atoms with van der Waals surface area (Å²) >= 11 is 6.35. The van der Waals surface area contributed by atoms with Gasteiger partial charge in [0.05, 0.1) is 12.6 Å². The van der Waals surface area contributed by atoms with Crippen molar-refractivity contribution < 1.29 is 14.3 Å². The standard InChI is InChI=1S/C23H22ClN3O3/c1-30-23(29)21(18-6-2-3-9-19(18)24)26-12-14-27(15-13-26)22(28)17-7-4-10-20-16(17)8-5-11-25-20/h2-11,21H,12-15H2,1H3/t21-/m1/s1. The maximum atomic E-state index is 13.2. The van der Waals surface area contributed by atoms with E-state index in [2.05, 4.69) is 4.98 Å². The Morgan fingerprint density at radius 2 is 1.77 bits per heavy atom. The first-order valence-corrected chi connectivity index (χ1v) is 10.2. The summed E-state index contributed by atoms with van der Waals surface area (Å²) in [6.45, 7) is 2.10. The van der Waals surface area contributed by atoms with Crippen molar-refractivity contribution in [2.45, 2.75) is 6.04 Å². The minimum atomic E-state index is -0.595. The third-order valence-electron chi connectivity index (χ3n) is 5.47. The molecule has 6 nitrogen and oxygen atoms in total. The Labute approximate surface area is 180 Å². The quantitative estimate of drug-likeness (QED) is 0.600. The van der Waals surface area contributed by atoms with Crippen molar-refractivity contribution >= 4 is 34.4 Å². The maximum Gasteiger partial charge on any atom is 0.327 e. The molecule has 0 unspecified atom stereocenters. The number of ether oxygens (including phenoxy) is 1. The van der Waals surface area contributed by atoms with E-state index >= 15 is 0 Å². The Balaban J connectivity index is 1.53. The number of esters is 1. The molecule has 1 saturated heterocycles. The molecule has 0 aliphatic carbocycles. The van der Waals surface area contributed by atoms with Crippen LogP contribution in [0.5, 0.6) is 0 Å². The van der Waals surface area contributed by atoms with Gasteiger partial charge in [-0.3, -0.25) is 14.7 Å². The predicted octanol–water partition coefficient (Wildman–Crippen LogP) is 3.56. The molecule has 1 amide bonds. The Morgan fingerprint density at radius 3 is 2.50 bits per heavy atom. The highest BCUT2D eigenvalue weighted by Gasteiger charge is 2.33. The molecule has 0 spiro atoms. The van der Waals surface area contributed by atoms with Crippen LogP contribution in [0.1, 0.15) is 22.0 Å².